The standard InChI is InChI=1S/C23H23FN4O3/c1-3-14-6-4-5-7-17(14)25-20(29)12-19-23(30)26-22-21(15-8-10-16(24)11-9-15)18(13-31-2)27-28(19)22/h4-11,19H,3,12-13H2,1-2H3,(H,25,29)(H,26,30). The third-order valence-corrected chi connectivity index (χ3v) is 5.29. The largest absolute Gasteiger partial charge is 0.378 e. The molecule has 2 N–H and O–H groups in total. The lowest BCUT2D eigenvalue weighted by atomic mass is 10.1. The maximum Gasteiger partial charge on any atom is 0.251 e. The van der Waals surface area contributed by atoms with Gasteiger partial charge >= 0.3 is 0 Å². The lowest BCUT2D eigenvalue weighted by Crippen LogP contribution is -2.24. The van der Waals surface area contributed by atoms with Crippen molar-refractivity contribution in [1.29, 1.82) is 0 Å². The number of nitrogens with zero attached hydrogens (tertiary/aromatic N) is 2. The third kappa shape index (κ3) is 4.06. The molecular formula is C23H23FN4O3. The summed E-state index contributed by atoms with van der Waals surface area (Å²) >= 11 is 0. The van der Waals surface area contributed by atoms with Crippen LogP contribution in [0.5, 0.6) is 0 Å². The number of ether oxygens (including phenoxy) is 1. The summed E-state index contributed by atoms with van der Waals surface area (Å²) in [5.41, 5.74) is 3.73. The number of anilines is 2. The number of amides is 2. The first kappa shape index (κ1) is 20.7. The van der Waals surface area contributed by atoms with Crippen LogP contribution in [0.15, 0.2) is 48.5 Å². The van der Waals surface area contributed by atoms with Gasteiger partial charge in [0.1, 0.15) is 17.7 Å². The number of rotatable bonds is 7. The fourth-order valence-electron chi connectivity index (χ4n) is 3.80. The van der Waals surface area contributed by atoms with Gasteiger partial charge in [-0.25, -0.2) is 9.07 Å². The molecule has 0 radical (unpaired) electrons. The molecule has 8 heteroatoms. The van der Waals surface area contributed by atoms with Gasteiger partial charge in [0, 0.05) is 18.4 Å². The Balaban J connectivity index is 1.62. The van der Waals surface area contributed by atoms with E-state index in [2.05, 4.69) is 15.7 Å². The number of para-hydroxylation sites is 1. The number of nitrogens with one attached hydrogen (secondary N) is 2. The Bertz CT molecular complexity index is 1120. The molecule has 0 bridgehead atoms. The molecule has 1 aromatic heterocycles. The number of aryl methyl sites for hydroxylation is 1. The Labute approximate surface area is 179 Å². The second kappa shape index (κ2) is 8.69. The topological polar surface area (TPSA) is 85.2 Å². The summed E-state index contributed by atoms with van der Waals surface area (Å²) in [6, 6.07) is 12.7. The lowest BCUT2D eigenvalue weighted by molar-refractivity contribution is -0.123. The van der Waals surface area contributed by atoms with E-state index >= 15 is 0 Å². The maximum atomic E-state index is 13.4. The van der Waals surface area contributed by atoms with E-state index in [1.54, 1.807) is 19.2 Å². The Morgan fingerprint density at radius 1 is 1.23 bits per heavy atom. The predicted molar refractivity (Wildman–Crippen MR) is 115 cm³/mol. The van der Waals surface area contributed by atoms with Gasteiger partial charge in [0.25, 0.3) is 5.91 Å². The van der Waals surface area contributed by atoms with Crippen molar-refractivity contribution in [3.63, 3.8) is 0 Å². The van der Waals surface area contributed by atoms with E-state index in [0.717, 1.165) is 17.7 Å². The molecule has 1 atom stereocenters. The number of methoxy groups -OCH3 is 1. The van der Waals surface area contributed by atoms with Crippen molar-refractivity contribution in [2.75, 3.05) is 17.7 Å². The van der Waals surface area contributed by atoms with Crippen molar-refractivity contribution >= 4 is 23.3 Å². The SMILES string of the molecule is CCc1ccccc1NC(=O)CC1C(=O)Nc2c(-c3ccc(F)cc3)c(COC)nn21. The van der Waals surface area contributed by atoms with Gasteiger partial charge in [-0.1, -0.05) is 37.3 Å². The molecule has 3 aromatic rings. The van der Waals surface area contributed by atoms with Gasteiger partial charge < -0.3 is 15.4 Å². The summed E-state index contributed by atoms with van der Waals surface area (Å²) in [6.07, 6.45) is 0.721. The van der Waals surface area contributed by atoms with E-state index < -0.39 is 6.04 Å². The number of carbonyl (C=O) groups is 2. The smallest absolute Gasteiger partial charge is 0.251 e. The zero-order valence-corrected chi connectivity index (χ0v) is 17.3. The first-order valence-electron chi connectivity index (χ1n) is 10.1. The van der Waals surface area contributed by atoms with Crippen LogP contribution in [0.3, 0.4) is 0 Å². The number of hydrogen-bond donors (Lipinski definition) is 2. The Hall–Kier alpha value is -3.52. The van der Waals surface area contributed by atoms with Crippen molar-refractivity contribution in [3.8, 4) is 11.1 Å². The quantitative estimate of drug-likeness (QED) is 0.604. The van der Waals surface area contributed by atoms with Gasteiger partial charge in [0.15, 0.2) is 0 Å². The van der Waals surface area contributed by atoms with E-state index in [0.29, 0.717) is 22.6 Å². The molecule has 1 unspecified atom stereocenters. The second-order valence-corrected chi connectivity index (χ2v) is 7.32. The Morgan fingerprint density at radius 3 is 2.68 bits per heavy atom. The highest BCUT2D eigenvalue weighted by Gasteiger charge is 2.37. The van der Waals surface area contributed by atoms with Crippen LogP contribution in [0, 0.1) is 5.82 Å². The molecule has 2 aromatic carbocycles. The highest BCUT2D eigenvalue weighted by Crippen LogP contribution is 2.39. The summed E-state index contributed by atoms with van der Waals surface area (Å²) in [5.74, 6) is -0.461. The van der Waals surface area contributed by atoms with Crippen LogP contribution in [0.4, 0.5) is 15.9 Å². The summed E-state index contributed by atoms with van der Waals surface area (Å²) in [4.78, 5) is 25.4. The number of benzene rings is 2. The van der Waals surface area contributed by atoms with E-state index in [1.165, 1.54) is 16.8 Å². The summed E-state index contributed by atoms with van der Waals surface area (Å²) in [6.45, 7) is 2.23. The number of fused-ring (bicyclic) bond motifs is 1. The molecule has 31 heavy (non-hydrogen) atoms. The molecule has 4 rings (SSSR count). The fourth-order valence-corrected chi connectivity index (χ4v) is 3.80. The summed E-state index contributed by atoms with van der Waals surface area (Å²) in [5, 5.41) is 10.3. The minimum atomic E-state index is -0.784. The minimum Gasteiger partial charge on any atom is -0.378 e. The molecule has 1 aliphatic heterocycles. The normalized spacial score (nSPS) is 14.9. The van der Waals surface area contributed by atoms with Crippen LogP contribution in [0.25, 0.3) is 11.1 Å². The Kier molecular flexibility index (Phi) is 5.81. The molecule has 0 saturated heterocycles. The first-order valence-corrected chi connectivity index (χ1v) is 10.1. The predicted octanol–water partition coefficient (Wildman–Crippen LogP) is 3.92. The molecule has 0 saturated carbocycles. The van der Waals surface area contributed by atoms with Gasteiger partial charge in [-0.05, 0) is 35.7 Å². The first-order chi connectivity index (χ1) is 15.0. The van der Waals surface area contributed by atoms with Crippen LogP contribution in [-0.2, 0) is 27.4 Å². The molecule has 1 aliphatic rings. The van der Waals surface area contributed by atoms with E-state index in [4.69, 9.17) is 4.74 Å². The zero-order valence-electron chi connectivity index (χ0n) is 17.3. The molecule has 0 fully saturated rings. The van der Waals surface area contributed by atoms with Gasteiger partial charge in [-0.3, -0.25) is 9.59 Å². The second-order valence-electron chi connectivity index (χ2n) is 7.32. The fraction of sp³-hybridized carbons (Fsp3) is 0.261. The van der Waals surface area contributed by atoms with E-state index in [-0.39, 0.29) is 30.7 Å². The average molecular weight is 422 g/mol. The zero-order chi connectivity index (χ0) is 22.0. The minimum absolute atomic E-state index is 0.0617. The summed E-state index contributed by atoms with van der Waals surface area (Å²) in [7, 11) is 1.55. The number of halogens is 1. The van der Waals surface area contributed by atoms with Gasteiger partial charge in [-0.15, -0.1) is 0 Å². The van der Waals surface area contributed by atoms with Crippen LogP contribution < -0.4 is 10.6 Å². The number of hydrogen-bond acceptors (Lipinski definition) is 4. The van der Waals surface area contributed by atoms with Crippen LogP contribution in [0.2, 0.25) is 0 Å². The van der Waals surface area contributed by atoms with E-state index in [1.807, 2.05) is 31.2 Å². The Morgan fingerprint density at radius 2 is 1.97 bits per heavy atom. The van der Waals surface area contributed by atoms with Crippen LogP contribution >= 0.6 is 0 Å². The molecule has 2 heterocycles. The van der Waals surface area contributed by atoms with Crippen molar-refractivity contribution in [1.82, 2.24) is 9.78 Å². The average Bonchev–Trinajstić information content (AvgIpc) is 3.24. The third-order valence-electron chi connectivity index (χ3n) is 5.29. The van der Waals surface area contributed by atoms with Crippen molar-refractivity contribution < 1.29 is 18.7 Å². The number of carbonyl (C=O) groups excluding carboxylic acids is 2. The molecule has 2 amide bonds. The van der Waals surface area contributed by atoms with Gasteiger partial charge in [0.2, 0.25) is 5.91 Å². The van der Waals surface area contributed by atoms with Gasteiger partial charge in [-0.2, -0.15) is 5.10 Å². The highest BCUT2D eigenvalue weighted by molar-refractivity contribution is 6.04. The lowest BCUT2D eigenvalue weighted by Gasteiger charge is -2.12. The van der Waals surface area contributed by atoms with Gasteiger partial charge in [0.05, 0.1) is 18.7 Å². The monoisotopic (exact) mass is 422 g/mol. The number of aromatic nitrogens is 2. The van der Waals surface area contributed by atoms with Crippen molar-refractivity contribution in [2.24, 2.45) is 0 Å². The van der Waals surface area contributed by atoms with Crippen LogP contribution in [0.1, 0.15) is 30.6 Å². The van der Waals surface area contributed by atoms with Crippen molar-refractivity contribution in [3.05, 3.63) is 65.6 Å². The van der Waals surface area contributed by atoms with Crippen LogP contribution in [-0.4, -0.2) is 28.7 Å². The molecule has 7 nitrogen and oxygen atoms in total. The maximum absolute atomic E-state index is 13.4. The molecule has 0 aliphatic carbocycles. The molecule has 0 spiro atoms. The molecule has 160 valence electrons. The highest BCUT2D eigenvalue weighted by atomic mass is 19.1. The van der Waals surface area contributed by atoms with E-state index in [9.17, 15) is 14.0 Å². The molecular weight excluding hydrogens is 399 g/mol. The van der Waals surface area contributed by atoms with Crippen molar-refractivity contribution in [2.45, 2.75) is 32.4 Å². The summed E-state index contributed by atoms with van der Waals surface area (Å²) < 4.78 is 20.2.